The Labute approximate surface area is 124 Å². The van der Waals surface area contributed by atoms with Crippen LogP contribution in [-0.2, 0) is 11.3 Å². The van der Waals surface area contributed by atoms with E-state index < -0.39 is 0 Å². The van der Waals surface area contributed by atoms with Crippen LogP contribution in [0.25, 0.3) is 0 Å². The van der Waals surface area contributed by atoms with Gasteiger partial charge in [0.05, 0.1) is 12.7 Å². The van der Waals surface area contributed by atoms with E-state index in [2.05, 4.69) is 0 Å². The topological polar surface area (TPSA) is 61.5 Å². The molecule has 2 rings (SSSR count). The third kappa shape index (κ3) is 3.83. The Hall–Kier alpha value is -2.33. The molecule has 2 aromatic carbocycles. The third-order valence-corrected chi connectivity index (χ3v) is 3.22. The van der Waals surface area contributed by atoms with E-state index in [-0.39, 0.29) is 12.0 Å². The summed E-state index contributed by atoms with van der Waals surface area (Å²) in [6, 6.07) is 14.9. The zero-order valence-corrected chi connectivity index (χ0v) is 12.2. The van der Waals surface area contributed by atoms with Crippen LogP contribution in [0, 0.1) is 0 Å². The summed E-state index contributed by atoms with van der Waals surface area (Å²) < 4.78 is 10.5. The highest BCUT2D eigenvalue weighted by Crippen LogP contribution is 2.18. The Kier molecular flexibility index (Phi) is 4.95. The first-order chi connectivity index (χ1) is 10.1. The Bertz CT molecular complexity index is 606. The van der Waals surface area contributed by atoms with E-state index in [1.807, 2.05) is 43.3 Å². The average molecular weight is 285 g/mol. The van der Waals surface area contributed by atoms with Crippen LogP contribution in [0.5, 0.6) is 5.75 Å². The van der Waals surface area contributed by atoms with Crippen LogP contribution >= 0.6 is 0 Å². The van der Waals surface area contributed by atoms with Gasteiger partial charge in [0.2, 0.25) is 0 Å². The molecule has 4 nitrogen and oxygen atoms in total. The van der Waals surface area contributed by atoms with E-state index >= 15 is 0 Å². The predicted molar refractivity (Wildman–Crippen MR) is 81.2 cm³/mol. The van der Waals surface area contributed by atoms with E-state index in [1.165, 1.54) is 7.11 Å². The molecule has 0 radical (unpaired) electrons. The van der Waals surface area contributed by atoms with Crippen LogP contribution < -0.4 is 10.5 Å². The number of methoxy groups -OCH3 is 1. The number of carbonyl (C=O) groups is 1. The second kappa shape index (κ2) is 6.90. The third-order valence-electron chi connectivity index (χ3n) is 3.22. The zero-order valence-electron chi connectivity index (χ0n) is 12.2. The van der Waals surface area contributed by atoms with Gasteiger partial charge in [-0.2, -0.15) is 0 Å². The Morgan fingerprint density at radius 2 is 1.81 bits per heavy atom. The molecular formula is C17H19NO3. The molecule has 0 aliphatic heterocycles. The number of benzene rings is 2. The van der Waals surface area contributed by atoms with Gasteiger partial charge in [-0.15, -0.1) is 0 Å². The Balaban J connectivity index is 2.08. The number of nitrogens with two attached hydrogens (primary N) is 1. The van der Waals surface area contributed by atoms with Crippen molar-refractivity contribution in [3.8, 4) is 5.75 Å². The quantitative estimate of drug-likeness (QED) is 0.858. The molecule has 0 saturated heterocycles. The molecule has 110 valence electrons. The maximum atomic E-state index is 11.7. The Morgan fingerprint density at radius 1 is 1.14 bits per heavy atom. The molecule has 0 aliphatic carbocycles. The first-order valence-corrected chi connectivity index (χ1v) is 6.76. The van der Waals surface area contributed by atoms with Crippen molar-refractivity contribution in [3.05, 3.63) is 65.2 Å². The minimum absolute atomic E-state index is 0.000833. The molecule has 0 aliphatic rings. The van der Waals surface area contributed by atoms with E-state index in [0.29, 0.717) is 12.2 Å². The van der Waals surface area contributed by atoms with Crippen molar-refractivity contribution in [1.82, 2.24) is 0 Å². The first-order valence-electron chi connectivity index (χ1n) is 6.76. The molecule has 0 fully saturated rings. The maximum absolute atomic E-state index is 11.7. The number of hydrogen-bond acceptors (Lipinski definition) is 4. The van der Waals surface area contributed by atoms with Gasteiger partial charge in [-0.3, -0.25) is 0 Å². The van der Waals surface area contributed by atoms with Crippen molar-refractivity contribution in [2.45, 2.75) is 19.6 Å². The lowest BCUT2D eigenvalue weighted by molar-refractivity contribution is 0.0597. The summed E-state index contributed by atoms with van der Waals surface area (Å²) in [5.74, 6) is 0.376. The van der Waals surface area contributed by atoms with Gasteiger partial charge < -0.3 is 15.2 Å². The molecule has 0 saturated carbocycles. The van der Waals surface area contributed by atoms with Gasteiger partial charge in [0.1, 0.15) is 12.4 Å². The van der Waals surface area contributed by atoms with Gasteiger partial charge in [0.15, 0.2) is 0 Å². The van der Waals surface area contributed by atoms with Crippen LogP contribution in [-0.4, -0.2) is 13.1 Å². The molecule has 0 spiro atoms. The van der Waals surface area contributed by atoms with Crippen molar-refractivity contribution in [2.75, 3.05) is 7.11 Å². The van der Waals surface area contributed by atoms with Gasteiger partial charge in [-0.05, 0) is 30.7 Å². The first kappa shape index (κ1) is 15.1. The van der Waals surface area contributed by atoms with Crippen molar-refractivity contribution >= 4 is 5.97 Å². The van der Waals surface area contributed by atoms with Crippen LogP contribution in [0.1, 0.15) is 34.5 Å². The fourth-order valence-corrected chi connectivity index (χ4v) is 1.98. The second-order valence-corrected chi connectivity index (χ2v) is 4.80. The molecule has 4 heteroatoms. The number of rotatable bonds is 5. The summed E-state index contributed by atoms with van der Waals surface area (Å²) in [6.45, 7) is 2.24. The summed E-state index contributed by atoms with van der Waals surface area (Å²) >= 11 is 0. The molecule has 0 bridgehead atoms. The van der Waals surface area contributed by atoms with Crippen molar-refractivity contribution in [3.63, 3.8) is 0 Å². The van der Waals surface area contributed by atoms with E-state index in [1.54, 1.807) is 12.1 Å². The highest BCUT2D eigenvalue weighted by Gasteiger charge is 2.11. The monoisotopic (exact) mass is 285 g/mol. The van der Waals surface area contributed by atoms with Gasteiger partial charge in [0, 0.05) is 11.6 Å². The number of carbonyl (C=O) groups excluding carboxylic acids is 1. The second-order valence-electron chi connectivity index (χ2n) is 4.80. The van der Waals surface area contributed by atoms with Crippen LogP contribution in [0.15, 0.2) is 48.5 Å². The van der Waals surface area contributed by atoms with Crippen LogP contribution in [0.4, 0.5) is 0 Å². The molecular weight excluding hydrogens is 266 g/mol. The molecule has 0 aromatic heterocycles. The average Bonchev–Trinajstić information content (AvgIpc) is 2.52. The minimum Gasteiger partial charge on any atom is -0.489 e. The number of hydrogen-bond donors (Lipinski definition) is 1. The van der Waals surface area contributed by atoms with Gasteiger partial charge in [-0.25, -0.2) is 4.79 Å². The lowest BCUT2D eigenvalue weighted by Gasteiger charge is -2.11. The summed E-state index contributed by atoms with van der Waals surface area (Å²) in [5, 5.41) is 0. The lowest BCUT2D eigenvalue weighted by atomic mass is 10.1. The number of esters is 1. The van der Waals surface area contributed by atoms with Crippen molar-refractivity contribution < 1.29 is 14.3 Å². The van der Waals surface area contributed by atoms with Crippen molar-refractivity contribution in [1.29, 1.82) is 0 Å². The maximum Gasteiger partial charge on any atom is 0.338 e. The smallest absolute Gasteiger partial charge is 0.338 e. The summed E-state index contributed by atoms with van der Waals surface area (Å²) in [6.07, 6.45) is 0. The van der Waals surface area contributed by atoms with Crippen LogP contribution in [0.3, 0.4) is 0 Å². The predicted octanol–water partition coefficient (Wildman–Crippen LogP) is 3.07. The van der Waals surface area contributed by atoms with Gasteiger partial charge >= 0.3 is 5.97 Å². The molecule has 0 heterocycles. The molecule has 21 heavy (non-hydrogen) atoms. The molecule has 0 amide bonds. The standard InChI is InChI=1S/C17H19NO3/c1-12(18)13-7-9-15(10-8-13)21-11-14-5-3-4-6-16(14)17(19)20-2/h3-10,12H,11,18H2,1-2H3. The fraction of sp³-hybridized carbons (Fsp3) is 0.235. The summed E-state index contributed by atoms with van der Waals surface area (Å²) in [5.41, 5.74) is 8.17. The van der Waals surface area contributed by atoms with Crippen LogP contribution in [0.2, 0.25) is 0 Å². The Morgan fingerprint density at radius 3 is 2.43 bits per heavy atom. The number of ether oxygens (including phenoxy) is 2. The van der Waals surface area contributed by atoms with E-state index in [0.717, 1.165) is 16.9 Å². The lowest BCUT2D eigenvalue weighted by Crippen LogP contribution is -2.08. The molecule has 2 aromatic rings. The fourth-order valence-electron chi connectivity index (χ4n) is 1.98. The SMILES string of the molecule is COC(=O)c1ccccc1COc1ccc(C(C)N)cc1. The molecule has 2 N–H and O–H groups in total. The largest absolute Gasteiger partial charge is 0.489 e. The van der Waals surface area contributed by atoms with E-state index in [4.69, 9.17) is 15.2 Å². The molecule has 1 atom stereocenters. The highest BCUT2D eigenvalue weighted by molar-refractivity contribution is 5.90. The minimum atomic E-state index is -0.360. The van der Waals surface area contributed by atoms with Crippen molar-refractivity contribution in [2.24, 2.45) is 5.73 Å². The zero-order chi connectivity index (χ0) is 15.2. The molecule has 1 unspecified atom stereocenters. The summed E-state index contributed by atoms with van der Waals surface area (Å²) in [7, 11) is 1.37. The van der Waals surface area contributed by atoms with Gasteiger partial charge in [0.25, 0.3) is 0 Å². The van der Waals surface area contributed by atoms with E-state index in [9.17, 15) is 4.79 Å². The highest BCUT2D eigenvalue weighted by atomic mass is 16.5. The normalized spacial score (nSPS) is 11.8. The van der Waals surface area contributed by atoms with Gasteiger partial charge in [-0.1, -0.05) is 30.3 Å². The summed E-state index contributed by atoms with van der Waals surface area (Å²) in [4.78, 5) is 11.7.